The Morgan fingerprint density at radius 1 is 1.05 bits per heavy atom. The fourth-order valence-corrected chi connectivity index (χ4v) is 2.37. The number of benzene rings is 1. The van der Waals surface area contributed by atoms with E-state index in [-0.39, 0.29) is 5.69 Å². The number of aromatic nitrogens is 1. The molecule has 0 spiro atoms. The first-order valence-corrected chi connectivity index (χ1v) is 6.77. The van der Waals surface area contributed by atoms with Crippen molar-refractivity contribution in [3.8, 4) is 0 Å². The van der Waals surface area contributed by atoms with E-state index in [0.29, 0.717) is 5.39 Å². The van der Waals surface area contributed by atoms with Crippen LogP contribution in [0.5, 0.6) is 0 Å². The Morgan fingerprint density at radius 3 is 2.25 bits per heavy atom. The number of rotatable bonds is 1. The lowest BCUT2D eigenvalue weighted by Crippen LogP contribution is -2.41. The molecule has 0 aliphatic carbocycles. The molecule has 20 heavy (non-hydrogen) atoms. The van der Waals surface area contributed by atoms with Gasteiger partial charge in [-0.3, -0.25) is 4.98 Å². The summed E-state index contributed by atoms with van der Waals surface area (Å²) >= 11 is 0. The first-order chi connectivity index (χ1) is 10.5. The van der Waals surface area contributed by atoms with E-state index in [1.54, 1.807) is 12.3 Å². The molecule has 0 saturated carbocycles. The lowest BCUT2D eigenvalue weighted by Gasteiger charge is -2.32. The molecule has 1 aliphatic heterocycles. The molecule has 1 aromatic heterocycles. The molecule has 2 heterocycles. The standard InChI is InChI=1S/C16H20BNO2/c1-11-12-8-6-7-9-13(12)14(10-18-11)17-19-15(2,3)16(4,5)20-17/h6-10H,1-5H3/i1D3. The van der Waals surface area contributed by atoms with Gasteiger partial charge in [0.2, 0.25) is 0 Å². The molecule has 0 radical (unpaired) electrons. The van der Waals surface area contributed by atoms with Crippen molar-refractivity contribution in [1.82, 2.24) is 4.98 Å². The molecule has 3 rings (SSSR count). The zero-order valence-electron chi connectivity index (χ0n) is 15.2. The Kier molecular flexibility index (Phi) is 2.23. The smallest absolute Gasteiger partial charge is 0.399 e. The Balaban J connectivity index is 2.15. The van der Waals surface area contributed by atoms with Gasteiger partial charge in [0.25, 0.3) is 0 Å². The summed E-state index contributed by atoms with van der Waals surface area (Å²) in [5.41, 5.74) is -0.0521. The molecule has 0 bridgehead atoms. The molecule has 2 aromatic rings. The van der Waals surface area contributed by atoms with E-state index in [4.69, 9.17) is 13.4 Å². The van der Waals surface area contributed by atoms with E-state index >= 15 is 0 Å². The second-order valence-electron chi connectivity index (χ2n) is 6.20. The van der Waals surface area contributed by atoms with Crippen LogP contribution in [-0.2, 0) is 9.31 Å². The minimum atomic E-state index is -2.26. The van der Waals surface area contributed by atoms with Crippen LogP contribution in [0.25, 0.3) is 10.8 Å². The first kappa shape index (κ1) is 10.4. The minimum Gasteiger partial charge on any atom is -0.399 e. The molecule has 1 saturated heterocycles. The molecule has 0 atom stereocenters. The Morgan fingerprint density at radius 2 is 1.65 bits per heavy atom. The number of aryl methyl sites for hydroxylation is 1. The van der Waals surface area contributed by atoms with Crippen molar-refractivity contribution >= 4 is 23.4 Å². The van der Waals surface area contributed by atoms with Crippen molar-refractivity contribution in [3.05, 3.63) is 36.2 Å². The van der Waals surface area contributed by atoms with Crippen molar-refractivity contribution < 1.29 is 13.4 Å². The maximum Gasteiger partial charge on any atom is 0.497 e. The molecule has 1 fully saturated rings. The molecule has 1 aromatic carbocycles. The molecule has 0 N–H and O–H groups in total. The lowest BCUT2D eigenvalue weighted by molar-refractivity contribution is 0.00578. The molecule has 4 heteroatoms. The highest BCUT2D eigenvalue weighted by atomic mass is 16.7. The Labute approximate surface area is 124 Å². The quantitative estimate of drug-likeness (QED) is 0.748. The largest absolute Gasteiger partial charge is 0.497 e. The van der Waals surface area contributed by atoms with Gasteiger partial charge < -0.3 is 9.31 Å². The highest BCUT2D eigenvalue weighted by molar-refractivity contribution is 6.65. The van der Waals surface area contributed by atoms with E-state index < -0.39 is 25.2 Å². The van der Waals surface area contributed by atoms with E-state index in [9.17, 15) is 0 Å². The van der Waals surface area contributed by atoms with Gasteiger partial charge in [-0.1, -0.05) is 24.3 Å². The first-order valence-electron chi connectivity index (χ1n) is 8.27. The van der Waals surface area contributed by atoms with Crippen molar-refractivity contribution in [2.45, 2.75) is 45.7 Å². The van der Waals surface area contributed by atoms with Gasteiger partial charge in [-0.05, 0) is 39.9 Å². The number of hydrogen-bond acceptors (Lipinski definition) is 3. The molecular weight excluding hydrogens is 249 g/mol. The fraction of sp³-hybridized carbons (Fsp3) is 0.438. The number of nitrogens with zero attached hydrogens (tertiary/aromatic N) is 1. The third-order valence-corrected chi connectivity index (χ3v) is 4.33. The van der Waals surface area contributed by atoms with Gasteiger partial charge in [-0.2, -0.15) is 0 Å². The summed E-state index contributed by atoms with van der Waals surface area (Å²) in [5.74, 6) is 0. The summed E-state index contributed by atoms with van der Waals surface area (Å²) in [6.45, 7) is 5.69. The van der Waals surface area contributed by atoms with Gasteiger partial charge in [0.05, 0.1) is 11.2 Å². The molecule has 0 unspecified atom stereocenters. The maximum atomic E-state index is 7.67. The topological polar surface area (TPSA) is 31.4 Å². The van der Waals surface area contributed by atoms with E-state index in [0.717, 1.165) is 10.8 Å². The van der Waals surface area contributed by atoms with E-state index in [1.807, 2.05) is 45.9 Å². The molecule has 0 amide bonds. The van der Waals surface area contributed by atoms with Crippen molar-refractivity contribution in [2.24, 2.45) is 0 Å². The number of pyridine rings is 1. The SMILES string of the molecule is [2H]C([2H])([2H])c1ncc(B2OC(C)(C)C(C)(C)O2)c2ccccc12. The van der Waals surface area contributed by atoms with Gasteiger partial charge >= 0.3 is 7.12 Å². The van der Waals surface area contributed by atoms with E-state index in [2.05, 4.69) is 4.98 Å². The van der Waals surface area contributed by atoms with Crippen LogP contribution >= 0.6 is 0 Å². The Hall–Kier alpha value is -1.39. The summed E-state index contributed by atoms with van der Waals surface area (Å²) in [6, 6.07) is 7.35. The monoisotopic (exact) mass is 272 g/mol. The van der Waals surface area contributed by atoms with Gasteiger partial charge in [0.1, 0.15) is 0 Å². The minimum absolute atomic E-state index is 0.105. The summed E-state index contributed by atoms with van der Waals surface area (Å²) in [5, 5.41) is 1.41. The van der Waals surface area contributed by atoms with Crippen LogP contribution in [0.4, 0.5) is 0 Å². The average molecular weight is 272 g/mol. The molecule has 104 valence electrons. The zero-order valence-corrected chi connectivity index (χ0v) is 12.2. The maximum absolute atomic E-state index is 7.67. The molecule has 3 nitrogen and oxygen atoms in total. The summed E-state index contributed by atoms with van der Waals surface area (Å²) in [6.07, 6.45) is 1.56. The fourth-order valence-electron chi connectivity index (χ4n) is 2.37. The predicted molar refractivity (Wildman–Crippen MR) is 82.2 cm³/mol. The second-order valence-corrected chi connectivity index (χ2v) is 6.20. The Bertz CT molecular complexity index is 743. The van der Waals surface area contributed by atoms with Crippen LogP contribution in [0.2, 0.25) is 0 Å². The highest BCUT2D eigenvalue weighted by Crippen LogP contribution is 2.37. The van der Waals surface area contributed by atoms with Crippen molar-refractivity contribution in [1.29, 1.82) is 0 Å². The summed E-state index contributed by atoms with van der Waals surface area (Å²) < 4.78 is 35.2. The van der Waals surface area contributed by atoms with Crippen LogP contribution in [0.1, 0.15) is 37.5 Å². The van der Waals surface area contributed by atoms with Crippen LogP contribution in [-0.4, -0.2) is 23.3 Å². The molecular formula is C16H20BNO2. The van der Waals surface area contributed by atoms with Gasteiger partial charge in [-0.15, -0.1) is 0 Å². The number of hydrogen-bond donors (Lipinski definition) is 0. The third kappa shape index (κ3) is 1.95. The van der Waals surface area contributed by atoms with Crippen LogP contribution < -0.4 is 5.46 Å². The second kappa shape index (κ2) is 4.30. The predicted octanol–water partition coefficient (Wildman–Crippen LogP) is 2.84. The van der Waals surface area contributed by atoms with Gasteiger partial charge in [0.15, 0.2) is 0 Å². The third-order valence-electron chi connectivity index (χ3n) is 4.33. The van der Waals surface area contributed by atoms with Crippen LogP contribution in [0.3, 0.4) is 0 Å². The van der Waals surface area contributed by atoms with Gasteiger partial charge in [0, 0.05) is 26.9 Å². The average Bonchev–Trinajstić information content (AvgIpc) is 2.65. The lowest BCUT2D eigenvalue weighted by atomic mass is 9.77. The summed E-state index contributed by atoms with van der Waals surface area (Å²) in [4.78, 5) is 4.20. The summed E-state index contributed by atoms with van der Waals surface area (Å²) in [7, 11) is -0.567. The zero-order chi connectivity index (χ0) is 17.0. The van der Waals surface area contributed by atoms with Crippen LogP contribution in [0.15, 0.2) is 30.5 Å². The van der Waals surface area contributed by atoms with Crippen molar-refractivity contribution in [3.63, 3.8) is 0 Å². The number of fused-ring (bicyclic) bond motifs is 1. The van der Waals surface area contributed by atoms with Gasteiger partial charge in [-0.25, -0.2) is 0 Å². The van der Waals surface area contributed by atoms with Crippen LogP contribution in [0, 0.1) is 6.85 Å². The highest BCUT2D eigenvalue weighted by Gasteiger charge is 2.52. The van der Waals surface area contributed by atoms with Crippen molar-refractivity contribution in [2.75, 3.05) is 0 Å². The normalized spacial score (nSPS) is 23.4. The van der Waals surface area contributed by atoms with E-state index in [1.165, 1.54) is 0 Å². The molecule has 1 aliphatic rings.